The number of carbonyl (C=O) groups is 1. The third-order valence-electron chi connectivity index (χ3n) is 1.64. The summed E-state index contributed by atoms with van der Waals surface area (Å²) in [6.07, 6.45) is 0. The smallest absolute Gasteiger partial charge is 0.255 e. The molecule has 1 amide bonds. The average molecular weight is 209 g/mol. The van der Waals surface area contributed by atoms with Gasteiger partial charge < -0.3 is 21.4 Å². The second kappa shape index (κ2) is 4.85. The van der Waals surface area contributed by atoms with Crippen molar-refractivity contribution >= 4 is 11.7 Å². The minimum atomic E-state index is -0.593. The van der Waals surface area contributed by atoms with E-state index in [2.05, 4.69) is 5.16 Å². The first-order valence-corrected chi connectivity index (χ1v) is 4.13. The highest BCUT2D eigenvalue weighted by Gasteiger charge is 2.07. The summed E-state index contributed by atoms with van der Waals surface area (Å²) in [6.45, 7) is -0.254. The largest absolute Gasteiger partial charge is 0.483 e. The Hall–Kier alpha value is -2.24. The highest BCUT2D eigenvalue weighted by atomic mass is 16.5. The van der Waals surface area contributed by atoms with Crippen molar-refractivity contribution in [2.24, 2.45) is 16.6 Å². The molecule has 1 aromatic carbocycles. The van der Waals surface area contributed by atoms with Gasteiger partial charge in [-0.25, -0.2) is 0 Å². The molecule has 1 rings (SSSR count). The fraction of sp³-hybridized carbons (Fsp3) is 0.111. The van der Waals surface area contributed by atoms with Crippen LogP contribution in [0, 0.1) is 0 Å². The summed E-state index contributed by atoms with van der Waals surface area (Å²) in [6, 6.07) is 6.59. The molecule has 0 heterocycles. The van der Waals surface area contributed by atoms with Crippen LogP contribution in [0.3, 0.4) is 0 Å². The molecule has 0 aliphatic carbocycles. The number of amides is 1. The average Bonchev–Trinajstić information content (AvgIpc) is 2.25. The van der Waals surface area contributed by atoms with Gasteiger partial charge >= 0.3 is 0 Å². The number of hydrogen-bond acceptors (Lipinski definition) is 4. The summed E-state index contributed by atoms with van der Waals surface area (Å²) in [5.74, 6) is -0.342. The van der Waals surface area contributed by atoms with E-state index in [0.717, 1.165) is 0 Å². The molecule has 0 atom stereocenters. The predicted octanol–water partition coefficient (Wildman–Crippen LogP) is -0.355. The summed E-state index contributed by atoms with van der Waals surface area (Å²) >= 11 is 0. The molecule has 0 saturated carbocycles. The highest BCUT2D eigenvalue weighted by Crippen LogP contribution is 2.17. The van der Waals surface area contributed by atoms with Crippen molar-refractivity contribution in [2.75, 3.05) is 6.61 Å². The number of amidine groups is 1. The molecule has 0 aliphatic rings. The molecule has 6 heteroatoms. The number of ether oxygens (including phenoxy) is 1. The molecule has 0 fully saturated rings. The van der Waals surface area contributed by atoms with Crippen molar-refractivity contribution in [1.82, 2.24) is 0 Å². The van der Waals surface area contributed by atoms with Crippen molar-refractivity contribution in [3.8, 4) is 5.75 Å². The van der Waals surface area contributed by atoms with Crippen molar-refractivity contribution in [3.05, 3.63) is 29.8 Å². The van der Waals surface area contributed by atoms with Gasteiger partial charge in [0.2, 0.25) is 0 Å². The lowest BCUT2D eigenvalue weighted by molar-refractivity contribution is -0.119. The number of oxime groups is 1. The minimum absolute atomic E-state index is 0.0879. The molecule has 0 aliphatic heterocycles. The Morgan fingerprint density at radius 1 is 1.40 bits per heavy atom. The van der Waals surface area contributed by atoms with E-state index < -0.39 is 5.91 Å². The molecule has 0 unspecified atom stereocenters. The van der Waals surface area contributed by atoms with Crippen LogP contribution in [0.4, 0.5) is 0 Å². The summed E-state index contributed by atoms with van der Waals surface area (Å²) in [4.78, 5) is 10.5. The van der Waals surface area contributed by atoms with Crippen LogP contribution < -0.4 is 16.2 Å². The number of nitrogens with zero attached hydrogens (tertiary/aromatic N) is 1. The van der Waals surface area contributed by atoms with Crippen molar-refractivity contribution < 1.29 is 14.7 Å². The molecule has 15 heavy (non-hydrogen) atoms. The fourth-order valence-electron chi connectivity index (χ4n) is 1.01. The van der Waals surface area contributed by atoms with Crippen molar-refractivity contribution in [1.29, 1.82) is 0 Å². The van der Waals surface area contributed by atoms with Crippen LogP contribution in [-0.4, -0.2) is 23.6 Å². The minimum Gasteiger partial charge on any atom is -0.483 e. The van der Waals surface area contributed by atoms with E-state index in [1.807, 2.05) is 0 Å². The first kappa shape index (κ1) is 10.8. The summed E-state index contributed by atoms with van der Waals surface area (Å²) in [7, 11) is 0. The van der Waals surface area contributed by atoms with Crippen molar-refractivity contribution in [3.63, 3.8) is 0 Å². The van der Waals surface area contributed by atoms with Gasteiger partial charge in [-0.3, -0.25) is 4.79 Å². The van der Waals surface area contributed by atoms with Gasteiger partial charge in [-0.2, -0.15) is 0 Å². The van der Waals surface area contributed by atoms with E-state index in [1.54, 1.807) is 24.3 Å². The maximum Gasteiger partial charge on any atom is 0.255 e. The standard InChI is InChI=1S/C9H11N3O3/c10-8(13)5-15-7-4-2-1-3-6(7)9(11)12-14/h1-4,14H,5H2,(H2,10,13)(H2,11,12). The molecule has 0 radical (unpaired) electrons. The third-order valence-corrected chi connectivity index (χ3v) is 1.64. The SMILES string of the molecule is NC(=O)COc1ccccc1/C(N)=N/O. The van der Waals surface area contributed by atoms with Crippen molar-refractivity contribution in [2.45, 2.75) is 0 Å². The topological polar surface area (TPSA) is 111 Å². The maximum absolute atomic E-state index is 10.5. The first-order valence-electron chi connectivity index (χ1n) is 4.13. The zero-order valence-electron chi connectivity index (χ0n) is 7.88. The normalized spacial score (nSPS) is 11.1. The molecule has 0 spiro atoms. The van der Waals surface area contributed by atoms with Crippen LogP contribution in [0.15, 0.2) is 29.4 Å². The molecular weight excluding hydrogens is 198 g/mol. The van der Waals surface area contributed by atoms with Crippen LogP contribution in [-0.2, 0) is 4.79 Å². The summed E-state index contributed by atoms with van der Waals surface area (Å²) in [5, 5.41) is 11.4. The Bertz CT molecular complexity index is 390. The molecular formula is C9H11N3O3. The van der Waals surface area contributed by atoms with Crippen LogP contribution in [0.1, 0.15) is 5.56 Å². The number of carbonyl (C=O) groups excluding carboxylic acids is 1. The monoisotopic (exact) mass is 209 g/mol. The Kier molecular flexibility index (Phi) is 3.50. The first-order chi connectivity index (χ1) is 7.15. The van der Waals surface area contributed by atoms with E-state index in [9.17, 15) is 4.79 Å². The van der Waals surface area contributed by atoms with Gasteiger partial charge in [0.05, 0.1) is 5.56 Å². The van der Waals surface area contributed by atoms with E-state index >= 15 is 0 Å². The number of primary amides is 1. The van der Waals surface area contributed by atoms with Crippen LogP contribution in [0.25, 0.3) is 0 Å². The Morgan fingerprint density at radius 3 is 2.67 bits per heavy atom. The molecule has 0 aromatic heterocycles. The Labute approximate surface area is 86.1 Å². The molecule has 5 N–H and O–H groups in total. The molecule has 0 bridgehead atoms. The summed E-state index contributed by atoms with van der Waals surface area (Å²) < 4.78 is 5.08. The summed E-state index contributed by atoms with van der Waals surface area (Å²) in [5.41, 5.74) is 10.7. The highest BCUT2D eigenvalue weighted by molar-refractivity contribution is 5.99. The maximum atomic E-state index is 10.5. The van der Waals surface area contributed by atoms with Gasteiger partial charge in [0.15, 0.2) is 12.4 Å². The number of nitrogens with two attached hydrogens (primary N) is 2. The number of benzene rings is 1. The van der Waals surface area contributed by atoms with Gasteiger partial charge in [-0.15, -0.1) is 0 Å². The van der Waals surface area contributed by atoms with Gasteiger partial charge in [0.25, 0.3) is 5.91 Å². The van der Waals surface area contributed by atoms with E-state index in [1.165, 1.54) is 0 Å². The molecule has 80 valence electrons. The zero-order chi connectivity index (χ0) is 11.3. The third kappa shape index (κ3) is 2.87. The predicted molar refractivity (Wildman–Crippen MR) is 53.6 cm³/mol. The second-order valence-electron chi connectivity index (χ2n) is 2.74. The zero-order valence-corrected chi connectivity index (χ0v) is 7.88. The van der Waals surface area contributed by atoms with Gasteiger partial charge in [-0.1, -0.05) is 17.3 Å². The fourth-order valence-corrected chi connectivity index (χ4v) is 1.01. The van der Waals surface area contributed by atoms with Gasteiger partial charge in [0.1, 0.15) is 5.75 Å². The number of para-hydroxylation sites is 1. The van der Waals surface area contributed by atoms with Crippen LogP contribution in [0.2, 0.25) is 0 Å². The lowest BCUT2D eigenvalue weighted by atomic mass is 10.2. The van der Waals surface area contributed by atoms with E-state index in [-0.39, 0.29) is 12.4 Å². The Morgan fingerprint density at radius 2 is 2.07 bits per heavy atom. The quantitative estimate of drug-likeness (QED) is 0.272. The van der Waals surface area contributed by atoms with E-state index in [0.29, 0.717) is 11.3 Å². The molecule has 0 saturated heterocycles. The van der Waals surface area contributed by atoms with Crippen LogP contribution >= 0.6 is 0 Å². The number of hydrogen-bond donors (Lipinski definition) is 3. The number of rotatable bonds is 4. The van der Waals surface area contributed by atoms with Gasteiger partial charge in [0, 0.05) is 0 Å². The lowest BCUT2D eigenvalue weighted by Crippen LogP contribution is -2.22. The second-order valence-corrected chi connectivity index (χ2v) is 2.74. The Balaban J connectivity index is 2.91. The lowest BCUT2D eigenvalue weighted by Gasteiger charge is -2.08. The van der Waals surface area contributed by atoms with E-state index in [4.69, 9.17) is 21.4 Å². The van der Waals surface area contributed by atoms with Crippen LogP contribution in [0.5, 0.6) is 5.75 Å². The van der Waals surface area contributed by atoms with Gasteiger partial charge in [-0.05, 0) is 12.1 Å². The molecule has 6 nitrogen and oxygen atoms in total. The molecule has 1 aromatic rings.